The summed E-state index contributed by atoms with van der Waals surface area (Å²) in [6, 6.07) is 9.46. The van der Waals surface area contributed by atoms with E-state index in [1.54, 1.807) is 33.7 Å². The third-order valence-corrected chi connectivity index (χ3v) is 6.70. The molecule has 0 saturated carbocycles. The Morgan fingerprint density at radius 2 is 1.97 bits per heavy atom. The summed E-state index contributed by atoms with van der Waals surface area (Å²) in [5.74, 6) is -0.464. The highest BCUT2D eigenvalue weighted by atomic mass is 35.5. The summed E-state index contributed by atoms with van der Waals surface area (Å²) in [5.41, 5.74) is 3.67. The Kier molecular flexibility index (Phi) is 5.72. The molecular formula is C21H23ClFN5OSi. The van der Waals surface area contributed by atoms with Gasteiger partial charge in [0.1, 0.15) is 18.2 Å². The van der Waals surface area contributed by atoms with Crippen molar-refractivity contribution in [3.8, 4) is 22.5 Å². The van der Waals surface area contributed by atoms with E-state index in [0.29, 0.717) is 24.6 Å². The van der Waals surface area contributed by atoms with E-state index in [1.165, 1.54) is 6.07 Å². The SMILES string of the molecule is C[Si](C)(C)CCOCn1cc(-c2ccc3nccn3n2)c(-c2ccc(F)c(Cl)c2)n1. The minimum atomic E-state index is -1.16. The van der Waals surface area contributed by atoms with E-state index in [9.17, 15) is 4.39 Å². The zero-order valence-electron chi connectivity index (χ0n) is 17.1. The summed E-state index contributed by atoms with van der Waals surface area (Å²) in [6.07, 6.45) is 5.38. The number of imidazole rings is 1. The molecule has 0 aliphatic carbocycles. The molecule has 0 N–H and O–H groups in total. The van der Waals surface area contributed by atoms with Crippen LogP contribution in [0.2, 0.25) is 30.7 Å². The first kappa shape index (κ1) is 20.7. The second-order valence-electron chi connectivity index (χ2n) is 8.36. The van der Waals surface area contributed by atoms with Crippen LogP contribution >= 0.6 is 11.6 Å². The lowest BCUT2D eigenvalue weighted by molar-refractivity contribution is 0.0788. The van der Waals surface area contributed by atoms with Crippen LogP contribution in [-0.4, -0.2) is 39.1 Å². The fourth-order valence-electron chi connectivity index (χ4n) is 3.03. The maximum atomic E-state index is 13.7. The number of rotatable bonds is 7. The van der Waals surface area contributed by atoms with Gasteiger partial charge in [-0.25, -0.2) is 18.6 Å². The van der Waals surface area contributed by atoms with Crippen LogP contribution in [0.4, 0.5) is 4.39 Å². The van der Waals surface area contributed by atoms with E-state index in [4.69, 9.17) is 16.3 Å². The van der Waals surface area contributed by atoms with Gasteiger partial charge in [-0.2, -0.15) is 10.2 Å². The van der Waals surface area contributed by atoms with Gasteiger partial charge in [-0.15, -0.1) is 0 Å². The molecule has 0 amide bonds. The number of ether oxygens (including phenoxy) is 1. The van der Waals surface area contributed by atoms with Crippen LogP contribution in [-0.2, 0) is 11.5 Å². The maximum absolute atomic E-state index is 13.7. The summed E-state index contributed by atoms with van der Waals surface area (Å²) in [4.78, 5) is 4.23. The van der Waals surface area contributed by atoms with Gasteiger partial charge in [-0.1, -0.05) is 31.2 Å². The van der Waals surface area contributed by atoms with Crippen LogP contribution in [0, 0.1) is 5.82 Å². The standard InChI is InChI=1S/C21H23ClFN5OSi/c1-30(2,3)11-10-29-14-27-13-16(19-6-7-20-24-8-9-28(20)25-19)21(26-27)15-4-5-18(23)17(22)12-15/h4-9,12-13H,10-11,14H2,1-3H3. The number of hydrogen-bond acceptors (Lipinski definition) is 4. The average molecular weight is 444 g/mol. The van der Waals surface area contributed by atoms with Gasteiger partial charge in [0.2, 0.25) is 0 Å². The van der Waals surface area contributed by atoms with Crippen molar-refractivity contribution in [2.75, 3.05) is 6.61 Å². The van der Waals surface area contributed by atoms with Crippen molar-refractivity contribution >= 4 is 25.3 Å². The van der Waals surface area contributed by atoms with Gasteiger partial charge in [0.15, 0.2) is 5.65 Å². The summed E-state index contributed by atoms with van der Waals surface area (Å²) in [7, 11) is -1.16. The first-order valence-electron chi connectivity index (χ1n) is 9.71. The molecule has 0 bridgehead atoms. The molecule has 1 aromatic carbocycles. The summed E-state index contributed by atoms with van der Waals surface area (Å²) < 4.78 is 23.0. The van der Waals surface area contributed by atoms with E-state index in [-0.39, 0.29) is 5.02 Å². The lowest BCUT2D eigenvalue weighted by Gasteiger charge is -2.15. The fourth-order valence-corrected chi connectivity index (χ4v) is 3.96. The largest absolute Gasteiger partial charge is 0.360 e. The molecule has 3 heterocycles. The molecular weight excluding hydrogens is 421 g/mol. The first-order valence-corrected chi connectivity index (χ1v) is 13.8. The molecule has 156 valence electrons. The summed E-state index contributed by atoms with van der Waals surface area (Å²) in [6.45, 7) is 7.98. The van der Waals surface area contributed by atoms with Gasteiger partial charge in [0, 0.05) is 44.4 Å². The summed E-state index contributed by atoms with van der Waals surface area (Å²) >= 11 is 6.02. The molecule has 4 rings (SSSR count). The van der Waals surface area contributed by atoms with Gasteiger partial charge >= 0.3 is 0 Å². The quantitative estimate of drug-likeness (QED) is 0.285. The molecule has 0 spiro atoms. The van der Waals surface area contributed by atoms with Crippen LogP contribution in [0.5, 0.6) is 0 Å². The highest BCUT2D eigenvalue weighted by molar-refractivity contribution is 6.76. The van der Waals surface area contributed by atoms with Crippen molar-refractivity contribution < 1.29 is 9.13 Å². The Balaban J connectivity index is 1.69. The molecule has 0 aliphatic rings. The molecule has 0 unspecified atom stereocenters. The molecule has 6 nitrogen and oxygen atoms in total. The van der Waals surface area contributed by atoms with Crippen LogP contribution in [0.1, 0.15) is 0 Å². The monoisotopic (exact) mass is 443 g/mol. The summed E-state index contributed by atoms with van der Waals surface area (Å²) in [5, 5.41) is 9.37. The lowest BCUT2D eigenvalue weighted by atomic mass is 10.1. The predicted octanol–water partition coefficient (Wildman–Crippen LogP) is 5.36. The van der Waals surface area contributed by atoms with Crippen molar-refractivity contribution in [3.05, 3.63) is 59.8 Å². The molecule has 4 aromatic rings. The number of hydrogen-bond donors (Lipinski definition) is 0. The third kappa shape index (κ3) is 4.61. The van der Waals surface area contributed by atoms with Gasteiger partial charge in [-0.05, 0) is 36.4 Å². The lowest BCUT2D eigenvalue weighted by Crippen LogP contribution is -2.22. The highest BCUT2D eigenvalue weighted by Crippen LogP contribution is 2.32. The number of halogens is 2. The van der Waals surface area contributed by atoms with Gasteiger partial charge in [0.05, 0.1) is 10.7 Å². The van der Waals surface area contributed by atoms with E-state index in [1.807, 2.05) is 18.3 Å². The van der Waals surface area contributed by atoms with E-state index in [2.05, 4.69) is 34.8 Å². The maximum Gasteiger partial charge on any atom is 0.153 e. The highest BCUT2D eigenvalue weighted by Gasteiger charge is 2.17. The topological polar surface area (TPSA) is 57.2 Å². The van der Waals surface area contributed by atoms with Gasteiger partial charge < -0.3 is 4.74 Å². The van der Waals surface area contributed by atoms with Gasteiger partial charge in [0.25, 0.3) is 0 Å². The van der Waals surface area contributed by atoms with E-state index in [0.717, 1.165) is 22.9 Å². The third-order valence-electron chi connectivity index (χ3n) is 4.71. The van der Waals surface area contributed by atoms with Crippen molar-refractivity contribution in [3.63, 3.8) is 0 Å². The molecule has 0 atom stereocenters. The molecule has 3 aromatic heterocycles. The zero-order valence-corrected chi connectivity index (χ0v) is 18.9. The van der Waals surface area contributed by atoms with Crippen LogP contribution in [0.25, 0.3) is 28.2 Å². The predicted molar refractivity (Wildman–Crippen MR) is 119 cm³/mol. The van der Waals surface area contributed by atoms with Crippen molar-refractivity contribution in [1.29, 1.82) is 0 Å². The minimum absolute atomic E-state index is 0.0532. The van der Waals surface area contributed by atoms with Crippen molar-refractivity contribution in [1.82, 2.24) is 24.4 Å². The van der Waals surface area contributed by atoms with Crippen molar-refractivity contribution in [2.24, 2.45) is 0 Å². The molecule has 0 fully saturated rings. The Bertz CT molecular complexity index is 1180. The fraction of sp³-hybridized carbons (Fsp3) is 0.286. The van der Waals surface area contributed by atoms with Crippen LogP contribution in [0.15, 0.2) is 48.9 Å². The van der Waals surface area contributed by atoms with Gasteiger partial charge in [-0.3, -0.25) is 0 Å². The number of benzene rings is 1. The number of aromatic nitrogens is 5. The molecule has 0 radical (unpaired) electrons. The average Bonchev–Trinajstić information content (AvgIpc) is 3.33. The minimum Gasteiger partial charge on any atom is -0.360 e. The Morgan fingerprint density at radius 3 is 2.73 bits per heavy atom. The Hall–Kier alpha value is -2.55. The molecule has 30 heavy (non-hydrogen) atoms. The van der Waals surface area contributed by atoms with Crippen molar-refractivity contribution in [2.45, 2.75) is 32.4 Å². The van der Waals surface area contributed by atoms with Crippen LogP contribution in [0.3, 0.4) is 0 Å². The second-order valence-corrected chi connectivity index (χ2v) is 14.4. The molecule has 9 heteroatoms. The van der Waals surface area contributed by atoms with E-state index >= 15 is 0 Å². The normalized spacial score (nSPS) is 12.0. The van der Waals surface area contributed by atoms with Crippen LogP contribution < -0.4 is 0 Å². The zero-order chi connectivity index (χ0) is 21.3. The smallest absolute Gasteiger partial charge is 0.153 e. The number of nitrogens with zero attached hydrogens (tertiary/aromatic N) is 5. The van der Waals surface area contributed by atoms with E-state index < -0.39 is 13.9 Å². The first-order chi connectivity index (χ1) is 14.3. The number of fused-ring (bicyclic) bond motifs is 1. The molecule has 0 aliphatic heterocycles. The Morgan fingerprint density at radius 1 is 1.13 bits per heavy atom. The molecule has 0 saturated heterocycles. The second kappa shape index (κ2) is 8.29. The Labute approximate surface area is 180 Å².